The van der Waals surface area contributed by atoms with Crippen molar-refractivity contribution in [3.05, 3.63) is 42.0 Å². The van der Waals surface area contributed by atoms with Gasteiger partial charge in [-0.1, -0.05) is 22.6 Å². The Balaban J connectivity index is 1.53. The minimum atomic E-state index is -0.528. The Morgan fingerprint density at radius 2 is 2.06 bits per heavy atom. The van der Waals surface area contributed by atoms with Gasteiger partial charge < -0.3 is 24.8 Å². The molecule has 2 N–H and O–H groups in total. The molecule has 3 heterocycles. The van der Waals surface area contributed by atoms with Gasteiger partial charge in [-0.3, -0.25) is 4.90 Å². The normalized spacial score (nSPS) is 17.6. The number of amides is 1. The zero-order chi connectivity index (χ0) is 25.4. The zero-order valence-electron chi connectivity index (χ0n) is 20.1. The van der Waals surface area contributed by atoms with Crippen molar-refractivity contribution in [2.24, 2.45) is 0 Å². The van der Waals surface area contributed by atoms with E-state index in [9.17, 15) is 9.90 Å². The summed E-state index contributed by atoms with van der Waals surface area (Å²) in [5.41, 5.74) is 1.03. The van der Waals surface area contributed by atoms with Crippen molar-refractivity contribution >= 4 is 56.8 Å². The second-order valence-electron chi connectivity index (χ2n) is 9.19. The lowest BCUT2D eigenvalue weighted by atomic mass is 9.91. The van der Waals surface area contributed by atoms with Crippen LogP contribution in [-0.4, -0.2) is 69.9 Å². The molecule has 11 heteroatoms. The number of fused-ring (bicyclic) bond motifs is 1. The first-order valence-electron chi connectivity index (χ1n) is 11.7. The van der Waals surface area contributed by atoms with Gasteiger partial charge in [0.15, 0.2) is 5.82 Å². The molecule has 2 fully saturated rings. The molecule has 2 saturated heterocycles. The van der Waals surface area contributed by atoms with Crippen molar-refractivity contribution in [3.8, 4) is 11.5 Å². The fraction of sp³-hybridized carbons (Fsp3) is 0.400. The maximum atomic E-state index is 15.2. The van der Waals surface area contributed by atoms with Crippen LogP contribution in [-0.2, 0) is 11.2 Å². The molecule has 0 atom stereocenters. The molecule has 3 aromatic rings. The van der Waals surface area contributed by atoms with Gasteiger partial charge in [0.05, 0.1) is 30.5 Å². The Bertz CT molecular complexity index is 1320. The molecular weight excluding hydrogens is 580 g/mol. The molecule has 2 aromatic carbocycles. The van der Waals surface area contributed by atoms with E-state index in [-0.39, 0.29) is 17.0 Å². The number of likely N-dealkylation sites (tertiary alicyclic amines) is 1. The minimum Gasteiger partial charge on any atom is -0.508 e. The molecule has 2 aliphatic heterocycles. The van der Waals surface area contributed by atoms with Crippen molar-refractivity contribution < 1.29 is 23.8 Å². The van der Waals surface area contributed by atoms with Crippen molar-refractivity contribution in [1.29, 1.82) is 0 Å². The summed E-state index contributed by atoms with van der Waals surface area (Å²) in [7, 11) is 3.60. The standard InChI is InChI=1S/C25H27FIN5O4/c1-31-9-6-25(7-10-31)13-32(24(34)36-25)19-11-16-18(12-21(19)35-2)28-14-29-23(16)30-17-3-4-20(33)15(5-8-27)22(17)26/h3-4,11-12,14,33H,5-10,13H2,1-2H3,(H,28,29,30). The molecule has 9 nitrogen and oxygen atoms in total. The van der Waals surface area contributed by atoms with Crippen molar-refractivity contribution in [1.82, 2.24) is 14.9 Å². The largest absolute Gasteiger partial charge is 0.508 e. The van der Waals surface area contributed by atoms with Crippen LogP contribution >= 0.6 is 22.6 Å². The van der Waals surface area contributed by atoms with E-state index in [1.54, 1.807) is 17.0 Å². The maximum absolute atomic E-state index is 15.2. The fourth-order valence-electron chi connectivity index (χ4n) is 4.81. The molecular formula is C25H27FIN5O4. The number of phenols is 1. The highest BCUT2D eigenvalue weighted by molar-refractivity contribution is 14.1. The molecule has 0 aliphatic carbocycles. The van der Waals surface area contributed by atoms with Gasteiger partial charge in [0.1, 0.15) is 29.2 Å². The highest BCUT2D eigenvalue weighted by atomic mass is 127. The average Bonchev–Trinajstić information content (AvgIpc) is 3.20. The highest BCUT2D eigenvalue weighted by Crippen LogP contribution is 2.41. The first-order valence-corrected chi connectivity index (χ1v) is 13.2. The van der Waals surface area contributed by atoms with Crippen LogP contribution in [0.5, 0.6) is 11.5 Å². The van der Waals surface area contributed by atoms with E-state index < -0.39 is 17.5 Å². The van der Waals surface area contributed by atoms with Gasteiger partial charge in [0, 0.05) is 47.4 Å². The monoisotopic (exact) mass is 607 g/mol. The summed E-state index contributed by atoms with van der Waals surface area (Å²) in [4.78, 5) is 25.5. The smallest absolute Gasteiger partial charge is 0.415 e. The van der Waals surface area contributed by atoms with Crippen LogP contribution in [0.1, 0.15) is 18.4 Å². The van der Waals surface area contributed by atoms with Crippen LogP contribution < -0.4 is 15.0 Å². The summed E-state index contributed by atoms with van der Waals surface area (Å²) in [6.45, 7) is 2.13. The molecule has 36 heavy (non-hydrogen) atoms. The molecule has 1 spiro atoms. The quantitative estimate of drug-likeness (QED) is 0.238. The Hall–Kier alpha value is -2.93. The topological polar surface area (TPSA) is 100 Å². The van der Waals surface area contributed by atoms with Gasteiger partial charge in [-0.15, -0.1) is 0 Å². The third-order valence-electron chi connectivity index (χ3n) is 6.91. The Morgan fingerprint density at radius 1 is 1.28 bits per heavy atom. The van der Waals surface area contributed by atoms with E-state index in [1.807, 2.05) is 0 Å². The Labute approximate surface area is 221 Å². The van der Waals surface area contributed by atoms with Crippen molar-refractivity contribution in [2.75, 3.05) is 48.4 Å². The summed E-state index contributed by atoms with van der Waals surface area (Å²) in [6, 6.07) is 6.45. The molecule has 0 bridgehead atoms. The number of rotatable bonds is 6. The third-order valence-corrected chi connectivity index (χ3v) is 7.45. The Kier molecular flexibility index (Phi) is 6.77. The van der Waals surface area contributed by atoms with Gasteiger partial charge in [-0.05, 0) is 31.7 Å². The number of phenolic OH excluding ortho intramolecular Hbond substituents is 1. The number of aromatic nitrogens is 2. The lowest BCUT2D eigenvalue weighted by Gasteiger charge is -2.35. The van der Waals surface area contributed by atoms with E-state index in [1.165, 1.54) is 25.6 Å². The predicted molar refractivity (Wildman–Crippen MR) is 143 cm³/mol. The first kappa shape index (κ1) is 24.8. The number of carbonyl (C=O) groups is 1. The van der Waals surface area contributed by atoms with Crippen molar-refractivity contribution in [2.45, 2.75) is 24.9 Å². The lowest BCUT2D eigenvalue weighted by Crippen LogP contribution is -2.45. The number of nitrogens with zero attached hydrogens (tertiary/aromatic N) is 4. The third kappa shape index (κ3) is 4.49. The molecule has 0 saturated carbocycles. The number of aromatic hydroxyl groups is 1. The number of methoxy groups -OCH3 is 1. The van der Waals surface area contributed by atoms with Crippen molar-refractivity contribution in [3.63, 3.8) is 0 Å². The Morgan fingerprint density at radius 3 is 2.78 bits per heavy atom. The van der Waals surface area contributed by atoms with E-state index >= 15 is 4.39 Å². The molecule has 190 valence electrons. The molecule has 2 aliphatic rings. The maximum Gasteiger partial charge on any atom is 0.415 e. The van der Waals surface area contributed by atoms with E-state index in [4.69, 9.17) is 9.47 Å². The number of carbonyl (C=O) groups excluding carboxylic acids is 1. The van der Waals surface area contributed by atoms with Crippen LogP contribution in [0.15, 0.2) is 30.6 Å². The number of piperidine rings is 1. The van der Waals surface area contributed by atoms with Crippen LogP contribution in [0.4, 0.5) is 26.4 Å². The van der Waals surface area contributed by atoms with Crippen LogP contribution in [0, 0.1) is 5.82 Å². The summed E-state index contributed by atoms with van der Waals surface area (Å²) < 4.78 is 27.3. The number of ether oxygens (including phenoxy) is 2. The van der Waals surface area contributed by atoms with Gasteiger partial charge >= 0.3 is 6.09 Å². The van der Waals surface area contributed by atoms with Crippen LogP contribution in [0.25, 0.3) is 10.9 Å². The predicted octanol–water partition coefficient (Wildman–Crippen LogP) is 4.63. The second kappa shape index (κ2) is 9.85. The zero-order valence-corrected chi connectivity index (χ0v) is 22.2. The molecule has 0 radical (unpaired) electrons. The summed E-state index contributed by atoms with van der Waals surface area (Å²) in [5, 5.41) is 13.7. The minimum absolute atomic E-state index is 0.0790. The van der Waals surface area contributed by atoms with Gasteiger partial charge in [0.2, 0.25) is 0 Å². The SMILES string of the molecule is COc1cc2ncnc(Nc3ccc(O)c(CCI)c3F)c2cc1N1CC2(CCN(C)CC2)OC1=O. The molecule has 0 unspecified atom stereocenters. The van der Waals surface area contributed by atoms with Gasteiger partial charge in [0.25, 0.3) is 0 Å². The number of halogens is 2. The van der Waals surface area contributed by atoms with Gasteiger partial charge in [-0.2, -0.15) is 0 Å². The number of anilines is 3. The van der Waals surface area contributed by atoms with Crippen LogP contribution in [0.3, 0.4) is 0 Å². The van der Waals surface area contributed by atoms with E-state index in [0.29, 0.717) is 45.6 Å². The summed E-state index contributed by atoms with van der Waals surface area (Å²) in [5.74, 6) is 0.244. The highest BCUT2D eigenvalue weighted by Gasteiger charge is 2.47. The first-order chi connectivity index (χ1) is 17.3. The summed E-state index contributed by atoms with van der Waals surface area (Å²) in [6.07, 6.45) is 2.88. The second-order valence-corrected chi connectivity index (χ2v) is 10.3. The number of hydrogen-bond acceptors (Lipinski definition) is 8. The number of hydrogen-bond donors (Lipinski definition) is 2. The van der Waals surface area contributed by atoms with Gasteiger partial charge in [-0.25, -0.2) is 19.2 Å². The molecule has 5 rings (SSSR count). The average molecular weight is 607 g/mol. The number of alkyl halides is 1. The molecule has 1 amide bonds. The van der Waals surface area contributed by atoms with Crippen LogP contribution in [0.2, 0.25) is 0 Å². The van der Waals surface area contributed by atoms with E-state index in [0.717, 1.165) is 25.9 Å². The fourth-order valence-corrected chi connectivity index (χ4v) is 5.35. The summed E-state index contributed by atoms with van der Waals surface area (Å²) >= 11 is 2.14. The number of nitrogens with one attached hydrogen (secondary N) is 1. The number of benzene rings is 2. The molecule has 1 aromatic heterocycles. The lowest BCUT2D eigenvalue weighted by molar-refractivity contribution is 0.00678. The van der Waals surface area contributed by atoms with E-state index in [2.05, 4.69) is 49.8 Å².